The third kappa shape index (κ3) is 7.54. The van der Waals surface area contributed by atoms with Gasteiger partial charge in [0, 0.05) is 7.11 Å². The lowest BCUT2D eigenvalue weighted by molar-refractivity contribution is 0.195. The van der Waals surface area contributed by atoms with Gasteiger partial charge in [-0.2, -0.15) is 0 Å². The predicted molar refractivity (Wildman–Crippen MR) is 75.6 cm³/mol. The van der Waals surface area contributed by atoms with Crippen LogP contribution in [-0.2, 0) is 4.74 Å². The summed E-state index contributed by atoms with van der Waals surface area (Å²) in [7, 11) is 1.67. The van der Waals surface area contributed by atoms with Crippen molar-refractivity contribution >= 4 is 11.6 Å². The molecule has 0 aliphatic carbocycles. The van der Waals surface area contributed by atoms with Crippen LogP contribution in [0.25, 0.3) is 0 Å². The van der Waals surface area contributed by atoms with E-state index in [0.717, 1.165) is 38.3 Å². The molecule has 18 heavy (non-hydrogen) atoms. The maximum Gasteiger partial charge on any atom is 0.119 e. The van der Waals surface area contributed by atoms with E-state index in [1.165, 1.54) is 0 Å². The Balaban J connectivity index is 1.90. The SMILES string of the molecule is COCC(Cl)CCNCCCOc1ccccc1. The fourth-order valence-corrected chi connectivity index (χ4v) is 1.79. The molecule has 102 valence electrons. The molecule has 0 spiro atoms. The molecule has 1 aromatic carbocycles. The van der Waals surface area contributed by atoms with Crippen molar-refractivity contribution in [3.05, 3.63) is 30.3 Å². The van der Waals surface area contributed by atoms with Gasteiger partial charge < -0.3 is 14.8 Å². The summed E-state index contributed by atoms with van der Waals surface area (Å²) in [5.41, 5.74) is 0. The molecular formula is C14H22ClNO2. The molecule has 0 amide bonds. The minimum absolute atomic E-state index is 0.100. The van der Waals surface area contributed by atoms with Crippen molar-refractivity contribution in [1.29, 1.82) is 0 Å². The number of alkyl halides is 1. The maximum atomic E-state index is 6.01. The highest BCUT2D eigenvalue weighted by molar-refractivity contribution is 6.20. The van der Waals surface area contributed by atoms with Crippen LogP contribution in [0.2, 0.25) is 0 Å². The van der Waals surface area contributed by atoms with Gasteiger partial charge in [0.1, 0.15) is 5.75 Å². The molecule has 0 aliphatic rings. The quantitative estimate of drug-likeness (QED) is 0.524. The Hall–Kier alpha value is -0.770. The zero-order valence-electron chi connectivity index (χ0n) is 10.9. The molecule has 1 rings (SSSR count). The topological polar surface area (TPSA) is 30.5 Å². The predicted octanol–water partition coefficient (Wildman–Crippen LogP) is 2.69. The van der Waals surface area contributed by atoms with Gasteiger partial charge in [-0.3, -0.25) is 0 Å². The lowest BCUT2D eigenvalue weighted by atomic mass is 10.3. The van der Waals surface area contributed by atoms with Gasteiger partial charge in [0.2, 0.25) is 0 Å². The number of ether oxygens (including phenoxy) is 2. The molecule has 0 saturated heterocycles. The van der Waals surface area contributed by atoms with Gasteiger partial charge >= 0.3 is 0 Å². The monoisotopic (exact) mass is 271 g/mol. The summed E-state index contributed by atoms with van der Waals surface area (Å²) in [5, 5.41) is 3.44. The van der Waals surface area contributed by atoms with E-state index in [2.05, 4.69) is 5.32 Å². The standard InChI is InChI=1S/C14H22ClNO2/c1-17-12-13(15)8-10-16-9-5-11-18-14-6-3-2-4-7-14/h2-4,6-7,13,16H,5,8-12H2,1H3. The number of benzene rings is 1. The second kappa shape index (κ2) is 10.2. The first-order valence-electron chi connectivity index (χ1n) is 6.34. The molecule has 0 aliphatic heterocycles. The van der Waals surface area contributed by atoms with E-state index >= 15 is 0 Å². The first-order chi connectivity index (χ1) is 8.83. The molecule has 0 bridgehead atoms. The fourth-order valence-electron chi connectivity index (χ4n) is 1.55. The highest BCUT2D eigenvalue weighted by Crippen LogP contribution is 2.08. The van der Waals surface area contributed by atoms with Crippen molar-refractivity contribution in [2.24, 2.45) is 0 Å². The van der Waals surface area contributed by atoms with Crippen molar-refractivity contribution in [3.63, 3.8) is 0 Å². The highest BCUT2D eigenvalue weighted by atomic mass is 35.5. The van der Waals surface area contributed by atoms with E-state index in [9.17, 15) is 0 Å². The highest BCUT2D eigenvalue weighted by Gasteiger charge is 2.02. The maximum absolute atomic E-state index is 6.01. The zero-order valence-corrected chi connectivity index (χ0v) is 11.7. The summed E-state index contributed by atoms with van der Waals surface area (Å²) in [6, 6.07) is 9.87. The zero-order chi connectivity index (χ0) is 13.1. The molecule has 0 aromatic heterocycles. The summed E-state index contributed by atoms with van der Waals surface area (Å²) in [6.07, 6.45) is 1.92. The summed E-state index contributed by atoms with van der Waals surface area (Å²) in [5.74, 6) is 0.929. The lowest BCUT2D eigenvalue weighted by Crippen LogP contribution is -2.22. The number of hydrogen-bond acceptors (Lipinski definition) is 3. The van der Waals surface area contributed by atoms with Crippen LogP contribution in [0.5, 0.6) is 5.75 Å². The van der Waals surface area contributed by atoms with Crippen LogP contribution in [0, 0.1) is 0 Å². The molecule has 0 fully saturated rings. The van der Waals surface area contributed by atoms with E-state index in [-0.39, 0.29) is 5.38 Å². The van der Waals surface area contributed by atoms with Gasteiger partial charge in [0.25, 0.3) is 0 Å². The fraction of sp³-hybridized carbons (Fsp3) is 0.571. The van der Waals surface area contributed by atoms with Gasteiger partial charge in [-0.25, -0.2) is 0 Å². The molecule has 1 aromatic rings. The van der Waals surface area contributed by atoms with Crippen molar-refractivity contribution in [2.45, 2.75) is 18.2 Å². The molecule has 0 heterocycles. The number of para-hydroxylation sites is 1. The Morgan fingerprint density at radius 1 is 1.22 bits per heavy atom. The van der Waals surface area contributed by atoms with Crippen LogP contribution in [0.4, 0.5) is 0 Å². The third-order valence-corrected chi connectivity index (χ3v) is 2.84. The van der Waals surface area contributed by atoms with Gasteiger partial charge in [-0.1, -0.05) is 18.2 Å². The molecule has 1 atom stereocenters. The first kappa shape index (κ1) is 15.3. The van der Waals surface area contributed by atoms with E-state index in [1.807, 2.05) is 30.3 Å². The summed E-state index contributed by atoms with van der Waals surface area (Å²) in [4.78, 5) is 0. The second-order valence-electron chi connectivity index (χ2n) is 4.11. The van der Waals surface area contributed by atoms with Crippen LogP contribution in [0.3, 0.4) is 0 Å². The molecule has 1 unspecified atom stereocenters. The normalized spacial score (nSPS) is 12.3. The molecule has 4 heteroatoms. The summed E-state index contributed by atoms with van der Waals surface area (Å²) >= 11 is 6.01. The largest absolute Gasteiger partial charge is 0.494 e. The van der Waals surface area contributed by atoms with E-state index < -0.39 is 0 Å². The number of methoxy groups -OCH3 is 1. The average molecular weight is 272 g/mol. The van der Waals surface area contributed by atoms with Crippen molar-refractivity contribution in [1.82, 2.24) is 5.32 Å². The lowest BCUT2D eigenvalue weighted by Gasteiger charge is -2.09. The van der Waals surface area contributed by atoms with Crippen LogP contribution in [0.15, 0.2) is 30.3 Å². The van der Waals surface area contributed by atoms with Crippen LogP contribution < -0.4 is 10.1 Å². The molecule has 3 nitrogen and oxygen atoms in total. The van der Waals surface area contributed by atoms with Crippen molar-refractivity contribution in [2.75, 3.05) is 33.4 Å². The molecule has 1 N–H and O–H groups in total. The molecule has 0 saturated carbocycles. The Labute approximate surface area is 114 Å². The van der Waals surface area contributed by atoms with Crippen LogP contribution in [0.1, 0.15) is 12.8 Å². The average Bonchev–Trinajstić information content (AvgIpc) is 2.39. The second-order valence-corrected chi connectivity index (χ2v) is 4.72. The van der Waals surface area contributed by atoms with Crippen molar-refractivity contribution < 1.29 is 9.47 Å². The van der Waals surface area contributed by atoms with Gasteiger partial charge in [-0.05, 0) is 38.1 Å². The van der Waals surface area contributed by atoms with E-state index in [1.54, 1.807) is 7.11 Å². The number of hydrogen-bond donors (Lipinski definition) is 1. The Morgan fingerprint density at radius 3 is 2.72 bits per heavy atom. The number of rotatable bonds is 10. The molecule has 0 radical (unpaired) electrons. The van der Waals surface area contributed by atoms with Gasteiger partial charge in [-0.15, -0.1) is 11.6 Å². The van der Waals surface area contributed by atoms with E-state index in [4.69, 9.17) is 21.1 Å². The smallest absolute Gasteiger partial charge is 0.119 e. The van der Waals surface area contributed by atoms with Crippen LogP contribution >= 0.6 is 11.6 Å². The Kier molecular flexibility index (Phi) is 8.65. The van der Waals surface area contributed by atoms with Gasteiger partial charge in [0.05, 0.1) is 18.6 Å². The number of halogens is 1. The minimum atomic E-state index is 0.100. The third-order valence-electron chi connectivity index (χ3n) is 2.49. The Morgan fingerprint density at radius 2 is 2.00 bits per heavy atom. The van der Waals surface area contributed by atoms with Crippen LogP contribution in [-0.4, -0.2) is 38.8 Å². The molecular weight excluding hydrogens is 250 g/mol. The summed E-state index contributed by atoms with van der Waals surface area (Å²) < 4.78 is 10.6. The summed E-state index contributed by atoms with van der Waals surface area (Å²) in [6.45, 7) is 3.21. The van der Waals surface area contributed by atoms with Gasteiger partial charge in [0.15, 0.2) is 0 Å². The first-order valence-corrected chi connectivity index (χ1v) is 6.78. The van der Waals surface area contributed by atoms with Crippen molar-refractivity contribution in [3.8, 4) is 5.75 Å². The van der Waals surface area contributed by atoms with E-state index in [0.29, 0.717) is 6.61 Å². The number of nitrogens with one attached hydrogen (secondary N) is 1. The minimum Gasteiger partial charge on any atom is -0.494 e. The Bertz CT molecular complexity index is 295.